The molecule has 63 heavy (non-hydrogen) atoms. The number of piperazine rings is 1. The van der Waals surface area contributed by atoms with Crippen LogP contribution < -0.4 is 20.0 Å². The van der Waals surface area contributed by atoms with Gasteiger partial charge in [0.25, 0.3) is 5.91 Å². The molecule has 0 aliphatic carbocycles. The van der Waals surface area contributed by atoms with Gasteiger partial charge in [0.1, 0.15) is 0 Å². The van der Waals surface area contributed by atoms with Crippen LogP contribution in [-0.2, 0) is 31.8 Å². The van der Waals surface area contributed by atoms with E-state index in [2.05, 4.69) is 45.0 Å². The Morgan fingerprint density at radius 1 is 0.794 bits per heavy atom. The van der Waals surface area contributed by atoms with Crippen molar-refractivity contribution in [3.05, 3.63) is 110 Å². The average Bonchev–Trinajstić information content (AvgIpc) is 3.88. The summed E-state index contributed by atoms with van der Waals surface area (Å²) >= 11 is 6.25. The van der Waals surface area contributed by atoms with Crippen LogP contribution in [0.15, 0.2) is 74.3 Å². The summed E-state index contributed by atoms with van der Waals surface area (Å²) in [7, 11) is 4.66. The minimum atomic E-state index is -0.808. The maximum absolute atomic E-state index is 13.8. The number of benzene rings is 3. The first-order valence-electron chi connectivity index (χ1n) is 22.0. The molecule has 2 aliphatic heterocycles. The quantitative estimate of drug-likeness (QED) is 0.0943. The number of aryl methyl sites for hydroxylation is 2. The zero-order valence-electron chi connectivity index (χ0n) is 38.2. The monoisotopic (exact) mass is 889 g/mol. The number of ether oxygens (including phenoxy) is 4. The third kappa shape index (κ3) is 11.5. The van der Waals surface area contributed by atoms with Gasteiger partial charge in [-0.3, -0.25) is 19.3 Å². The fourth-order valence-electron chi connectivity index (χ4n) is 9.12. The minimum Gasteiger partial charge on any atom is -0.493 e. The Kier molecular flexibility index (Phi) is 17.3. The van der Waals surface area contributed by atoms with Gasteiger partial charge in [-0.25, -0.2) is 4.79 Å². The van der Waals surface area contributed by atoms with E-state index in [1.54, 1.807) is 40.4 Å². The Hall–Kier alpha value is -5.27. The highest BCUT2D eigenvalue weighted by Crippen LogP contribution is 2.43. The Morgan fingerprint density at radius 3 is 1.98 bits per heavy atom. The van der Waals surface area contributed by atoms with Crippen molar-refractivity contribution in [2.75, 3.05) is 67.1 Å². The highest BCUT2D eigenvalue weighted by atomic mass is 35.5. The van der Waals surface area contributed by atoms with Crippen LogP contribution in [0.2, 0.25) is 5.02 Å². The molecule has 2 aliphatic rings. The lowest BCUT2D eigenvalue weighted by atomic mass is 9.72. The second-order valence-electron chi connectivity index (χ2n) is 16.5. The summed E-state index contributed by atoms with van der Waals surface area (Å²) in [5.41, 5.74) is 3.39. The zero-order chi connectivity index (χ0) is 45.7. The van der Waals surface area contributed by atoms with Crippen molar-refractivity contribution in [3.63, 3.8) is 0 Å². The van der Waals surface area contributed by atoms with E-state index < -0.39 is 17.2 Å². The third-order valence-corrected chi connectivity index (χ3v) is 12.8. The van der Waals surface area contributed by atoms with Gasteiger partial charge in [0.15, 0.2) is 29.6 Å². The maximum atomic E-state index is 13.8. The molecule has 6 rings (SSSR count). The summed E-state index contributed by atoms with van der Waals surface area (Å²) in [5, 5.41) is 0.772. The summed E-state index contributed by atoms with van der Waals surface area (Å²) < 4.78 is 31.0. The van der Waals surface area contributed by atoms with E-state index in [0.717, 1.165) is 61.1 Å². The predicted molar refractivity (Wildman–Crippen MR) is 242 cm³/mol. The molecule has 0 spiro atoms. The van der Waals surface area contributed by atoms with Crippen LogP contribution >= 0.6 is 11.6 Å². The molecule has 13 nitrogen and oxygen atoms in total. The number of amides is 2. The molecule has 4 aromatic rings. The molecule has 1 aromatic heterocycles. The van der Waals surface area contributed by atoms with Gasteiger partial charge in [0, 0.05) is 55.3 Å². The van der Waals surface area contributed by atoms with Crippen LogP contribution in [0.1, 0.15) is 104 Å². The van der Waals surface area contributed by atoms with Gasteiger partial charge in [-0.05, 0) is 74.4 Å². The minimum absolute atomic E-state index is 0.0297. The molecule has 2 saturated heterocycles. The molecule has 0 unspecified atom stereocenters. The van der Waals surface area contributed by atoms with Crippen LogP contribution in [0.25, 0.3) is 0 Å². The van der Waals surface area contributed by atoms with Crippen LogP contribution in [-0.4, -0.2) is 99.6 Å². The van der Waals surface area contributed by atoms with Gasteiger partial charge in [0.05, 0.1) is 33.3 Å². The number of rotatable bonds is 17. The van der Waals surface area contributed by atoms with E-state index in [4.69, 9.17) is 39.4 Å². The van der Waals surface area contributed by atoms with E-state index in [-0.39, 0.29) is 36.1 Å². The average molecular weight is 891 g/mol. The van der Waals surface area contributed by atoms with Crippen LogP contribution in [0.4, 0.5) is 0 Å². The molecule has 2 amide bonds. The normalized spacial score (nSPS) is 16.6. The molecule has 342 valence electrons. The lowest BCUT2D eigenvalue weighted by Crippen LogP contribution is -2.55. The number of likely N-dealkylation sites (tertiary alicyclic amines) is 1. The van der Waals surface area contributed by atoms with Crippen molar-refractivity contribution in [3.8, 4) is 17.2 Å². The van der Waals surface area contributed by atoms with Crippen molar-refractivity contribution >= 4 is 29.4 Å². The first-order chi connectivity index (χ1) is 30.3. The number of halogens is 1. The van der Waals surface area contributed by atoms with Gasteiger partial charge in [-0.1, -0.05) is 94.1 Å². The molecular formula is C49H64ClN3O10. The second-order valence-corrected chi connectivity index (χ2v) is 16.9. The third-order valence-electron chi connectivity index (χ3n) is 12.4. The topological polar surface area (TPSA) is 141 Å². The first kappa shape index (κ1) is 48.8. The van der Waals surface area contributed by atoms with Crippen LogP contribution in [0.3, 0.4) is 0 Å². The molecule has 3 aromatic carbocycles. The van der Waals surface area contributed by atoms with E-state index in [0.29, 0.717) is 67.8 Å². The number of esters is 1. The first-order valence-corrected chi connectivity index (χ1v) is 22.3. The van der Waals surface area contributed by atoms with Gasteiger partial charge in [-0.2, -0.15) is 0 Å². The second kappa shape index (κ2) is 22.4. The summed E-state index contributed by atoms with van der Waals surface area (Å²) in [6.45, 7) is 13.8. The zero-order valence-corrected chi connectivity index (χ0v) is 38.9. The standard InChI is InChI=1S/C25H34N2O6.C24H30ClNO4/c1-4-11-25(12-5-2,20-9-7-6-8-10-20)23(29)27-15-13-26(14-16-27)17-22(28)31-18-21-19(3)32-24(30)33-21;1-6-9-24(18-7-8-19(25)16(2)12-18)10-11-26(15-24)23(27)17-13-20(28-3)22(30-5)21(14-17)29-4/h6-10H,4-5,11-18H2,1-3H3;7-8,12-14H,6,9-11,15H2,1-5H3/t;24-/m.0/s1. The lowest BCUT2D eigenvalue weighted by molar-refractivity contribution is -0.148. The van der Waals surface area contributed by atoms with Crippen molar-refractivity contribution in [1.29, 1.82) is 0 Å². The van der Waals surface area contributed by atoms with Gasteiger partial charge in [0.2, 0.25) is 11.7 Å². The SMILES string of the molecule is CCCC(CCC)(C(=O)N1CCN(CC(=O)OCc2oc(=O)oc2C)CC1)c1ccccc1.CCC[C@]1(c2ccc(Cl)c(C)c2)CCN(C(=O)c2cc(OC)c(OC)c(OC)c2)C1. The van der Waals surface area contributed by atoms with Crippen LogP contribution in [0.5, 0.6) is 17.2 Å². The van der Waals surface area contributed by atoms with E-state index in [1.807, 2.05) is 45.9 Å². The smallest absolute Gasteiger partial charge is 0.493 e. The fraction of sp³-hybridized carbons (Fsp3) is 0.510. The summed E-state index contributed by atoms with van der Waals surface area (Å²) in [4.78, 5) is 56.4. The lowest BCUT2D eigenvalue weighted by Gasteiger charge is -2.41. The van der Waals surface area contributed by atoms with E-state index in [1.165, 1.54) is 5.56 Å². The van der Waals surface area contributed by atoms with Crippen molar-refractivity contribution < 1.29 is 42.2 Å². The summed E-state index contributed by atoms with van der Waals surface area (Å²) in [5.74, 6) is 0.901. The summed E-state index contributed by atoms with van der Waals surface area (Å²) in [6, 6.07) is 19.8. The molecule has 0 radical (unpaired) electrons. The molecule has 2 fully saturated rings. The Labute approximate surface area is 376 Å². The largest absolute Gasteiger partial charge is 0.519 e. The molecule has 0 bridgehead atoms. The van der Waals surface area contributed by atoms with Gasteiger partial charge in [-0.15, -0.1) is 0 Å². The van der Waals surface area contributed by atoms with Crippen molar-refractivity contribution in [1.82, 2.24) is 14.7 Å². The Balaban J connectivity index is 0.000000239. The van der Waals surface area contributed by atoms with E-state index in [9.17, 15) is 19.2 Å². The van der Waals surface area contributed by atoms with Crippen LogP contribution in [0, 0.1) is 13.8 Å². The molecule has 1 atom stereocenters. The maximum Gasteiger partial charge on any atom is 0.519 e. The number of methoxy groups -OCH3 is 3. The predicted octanol–water partition coefficient (Wildman–Crippen LogP) is 8.53. The molecule has 14 heteroatoms. The number of hydrogen-bond acceptors (Lipinski definition) is 11. The van der Waals surface area contributed by atoms with Crippen molar-refractivity contribution in [2.45, 2.75) is 97.0 Å². The Morgan fingerprint density at radius 2 is 1.44 bits per heavy atom. The number of carbonyl (C=O) groups is 3. The molecular weight excluding hydrogens is 826 g/mol. The summed E-state index contributed by atoms with van der Waals surface area (Å²) in [6.07, 6.45) is 6.50. The molecule has 3 heterocycles. The van der Waals surface area contributed by atoms with Crippen molar-refractivity contribution in [2.24, 2.45) is 0 Å². The highest BCUT2D eigenvalue weighted by molar-refractivity contribution is 6.31. The number of carbonyl (C=O) groups excluding carboxylic acids is 3. The molecule has 0 N–H and O–H groups in total. The number of nitrogens with zero attached hydrogens (tertiary/aromatic N) is 3. The van der Waals surface area contributed by atoms with Gasteiger partial charge >= 0.3 is 11.8 Å². The molecule has 0 saturated carbocycles. The van der Waals surface area contributed by atoms with Gasteiger partial charge < -0.3 is 37.6 Å². The Bertz CT molecular complexity index is 2180. The fourth-order valence-corrected chi connectivity index (χ4v) is 9.24. The number of hydrogen-bond donors (Lipinski definition) is 0. The highest BCUT2D eigenvalue weighted by Gasteiger charge is 2.43. The van der Waals surface area contributed by atoms with E-state index >= 15 is 0 Å².